The molecule has 5 heteroatoms. The number of rotatable bonds is 6. The predicted molar refractivity (Wildman–Crippen MR) is 95.6 cm³/mol. The Balaban J connectivity index is 1.54. The van der Waals surface area contributed by atoms with Gasteiger partial charge < -0.3 is 19.1 Å². The summed E-state index contributed by atoms with van der Waals surface area (Å²) < 4.78 is 13.6. The zero-order chi connectivity index (χ0) is 17.1. The second-order valence-corrected chi connectivity index (χ2v) is 6.35. The van der Waals surface area contributed by atoms with Gasteiger partial charge in [0.2, 0.25) is 0 Å². The van der Waals surface area contributed by atoms with E-state index in [1.165, 1.54) is 0 Å². The Kier molecular flexibility index (Phi) is 4.68. The third-order valence-electron chi connectivity index (χ3n) is 4.48. The van der Waals surface area contributed by atoms with Crippen molar-refractivity contribution < 1.29 is 14.6 Å². The zero-order valence-electron chi connectivity index (χ0n) is 14.0. The van der Waals surface area contributed by atoms with Gasteiger partial charge in [0, 0.05) is 6.61 Å². The monoisotopic (exact) mass is 338 g/mol. The first-order chi connectivity index (χ1) is 12.3. The van der Waals surface area contributed by atoms with Crippen LogP contribution in [0.4, 0.5) is 0 Å². The predicted octanol–water partition coefficient (Wildman–Crippen LogP) is 3.33. The highest BCUT2D eigenvalue weighted by Crippen LogP contribution is 2.30. The number of hydrogen-bond acceptors (Lipinski definition) is 4. The van der Waals surface area contributed by atoms with Gasteiger partial charge >= 0.3 is 0 Å². The minimum atomic E-state index is -0.627. The minimum Gasteiger partial charge on any atom is -0.491 e. The lowest BCUT2D eigenvalue weighted by Crippen LogP contribution is -2.25. The number of fused-ring (bicyclic) bond motifs is 1. The molecule has 2 heterocycles. The molecule has 0 bridgehead atoms. The van der Waals surface area contributed by atoms with E-state index in [-0.39, 0.29) is 12.7 Å². The number of hydrogen-bond donors (Lipinski definition) is 1. The summed E-state index contributed by atoms with van der Waals surface area (Å²) in [4.78, 5) is 4.75. The lowest BCUT2D eigenvalue weighted by molar-refractivity contribution is 0.0806. The van der Waals surface area contributed by atoms with Crippen LogP contribution in [0.15, 0.2) is 54.6 Å². The van der Waals surface area contributed by atoms with Crippen LogP contribution in [0.3, 0.4) is 0 Å². The molecule has 0 radical (unpaired) electrons. The van der Waals surface area contributed by atoms with Crippen LogP contribution in [0, 0.1) is 0 Å². The second kappa shape index (κ2) is 7.25. The summed E-state index contributed by atoms with van der Waals surface area (Å²) in [7, 11) is 0. The molecule has 0 aliphatic carbocycles. The van der Waals surface area contributed by atoms with Gasteiger partial charge in [-0.1, -0.05) is 30.3 Å². The lowest BCUT2D eigenvalue weighted by atomic mass is 10.2. The molecule has 0 spiro atoms. The van der Waals surface area contributed by atoms with Crippen molar-refractivity contribution in [3.8, 4) is 5.75 Å². The fraction of sp³-hybridized carbons (Fsp3) is 0.350. The average molecular weight is 338 g/mol. The van der Waals surface area contributed by atoms with Crippen LogP contribution in [-0.2, 0) is 11.3 Å². The summed E-state index contributed by atoms with van der Waals surface area (Å²) >= 11 is 0. The highest BCUT2D eigenvalue weighted by Gasteiger charge is 2.25. The van der Waals surface area contributed by atoms with E-state index in [4.69, 9.17) is 14.5 Å². The first-order valence-corrected chi connectivity index (χ1v) is 8.74. The molecule has 4 rings (SSSR count). The summed E-state index contributed by atoms with van der Waals surface area (Å²) in [5, 5.41) is 10.5. The molecule has 5 nitrogen and oxygen atoms in total. The molecule has 1 fully saturated rings. The van der Waals surface area contributed by atoms with Gasteiger partial charge in [-0.25, -0.2) is 4.98 Å². The molecule has 1 aliphatic heterocycles. The minimum absolute atomic E-state index is 0.00893. The number of benzene rings is 2. The van der Waals surface area contributed by atoms with Crippen LogP contribution < -0.4 is 4.74 Å². The summed E-state index contributed by atoms with van der Waals surface area (Å²) in [6.45, 7) is 1.44. The van der Waals surface area contributed by atoms with E-state index in [0.29, 0.717) is 6.54 Å². The van der Waals surface area contributed by atoms with Crippen LogP contribution >= 0.6 is 0 Å². The maximum atomic E-state index is 10.5. The number of ether oxygens (including phenoxy) is 2. The van der Waals surface area contributed by atoms with Crippen LogP contribution in [-0.4, -0.2) is 34.0 Å². The molecule has 25 heavy (non-hydrogen) atoms. The molecule has 1 aromatic heterocycles. The molecule has 2 atom stereocenters. The molecule has 0 amide bonds. The maximum Gasteiger partial charge on any atom is 0.139 e. The van der Waals surface area contributed by atoms with E-state index in [1.54, 1.807) is 0 Å². The number of aliphatic hydroxyl groups is 1. The number of imidazole rings is 1. The SMILES string of the molecule is O[C@H](COc1ccccc1)Cn1c([C@@H]2CCCO2)nc2ccccc21. The summed E-state index contributed by atoms with van der Waals surface area (Å²) in [5.41, 5.74) is 1.95. The van der Waals surface area contributed by atoms with Crippen molar-refractivity contribution in [2.24, 2.45) is 0 Å². The first kappa shape index (κ1) is 16.1. The Bertz CT molecular complexity index is 825. The highest BCUT2D eigenvalue weighted by molar-refractivity contribution is 5.76. The van der Waals surface area contributed by atoms with Gasteiger partial charge in [-0.2, -0.15) is 0 Å². The van der Waals surface area contributed by atoms with Crippen molar-refractivity contribution in [2.45, 2.75) is 31.6 Å². The first-order valence-electron chi connectivity index (χ1n) is 8.74. The molecule has 1 saturated heterocycles. The lowest BCUT2D eigenvalue weighted by Gasteiger charge is -2.17. The number of nitrogens with zero attached hydrogens (tertiary/aromatic N) is 2. The van der Waals surface area contributed by atoms with Crippen LogP contribution in [0.5, 0.6) is 5.75 Å². The fourth-order valence-corrected chi connectivity index (χ4v) is 3.29. The summed E-state index contributed by atoms with van der Waals surface area (Å²) in [6.07, 6.45) is 1.40. The topological polar surface area (TPSA) is 56.5 Å². The molecular formula is C20H22N2O3. The molecule has 130 valence electrons. The number of aliphatic hydroxyl groups excluding tert-OH is 1. The van der Waals surface area contributed by atoms with Crippen LogP contribution in [0.2, 0.25) is 0 Å². The van der Waals surface area contributed by atoms with Gasteiger partial charge in [-0.15, -0.1) is 0 Å². The Morgan fingerprint density at radius 3 is 2.76 bits per heavy atom. The van der Waals surface area contributed by atoms with E-state index < -0.39 is 6.10 Å². The van der Waals surface area contributed by atoms with Crippen molar-refractivity contribution >= 4 is 11.0 Å². The normalized spacial score (nSPS) is 18.5. The Labute approximate surface area is 146 Å². The average Bonchev–Trinajstić information content (AvgIpc) is 3.29. The van der Waals surface area contributed by atoms with Gasteiger partial charge in [0.05, 0.1) is 17.6 Å². The molecular weight excluding hydrogens is 316 g/mol. The van der Waals surface area contributed by atoms with Crippen molar-refractivity contribution in [2.75, 3.05) is 13.2 Å². The van der Waals surface area contributed by atoms with Crippen LogP contribution in [0.1, 0.15) is 24.8 Å². The van der Waals surface area contributed by atoms with Gasteiger partial charge in [0.25, 0.3) is 0 Å². The largest absolute Gasteiger partial charge is 0.491 e. The van der Waals surface area contributed by atoms with E-state index in [0.717, 1.165) is 42.1 Å². The second-order valence-electron chi connectivity index (χ2n) is 6.35. The van der Waals surface area contributed by atoms with E-state index in [2.05, 4.69) is 4.57 Å². The molecule has 0 saturated carbocycles. The van der Waals surface area contributed by atoms with E-state index >= 15 is 0 Å². The van der Waals surface area contributed by atoms with Crippen LogP contribution in [0.25, 0.3) is 11.0 Å². The van der Waals surface area contributed by atoms with E-state index in [9.17, 15) is 5.11 Å². The summed E-state index contributed by atoms with van der Waals surface area (Å²) in [6, 6.07) is 17.5. The highest BCUT2D eigenvalue weighted by atomic mass is 16.5. The van der Waals surface area contributed by atoms with Gasteiger partial charge in [-0.05, 0) is 37.1 Å². The maximum absolute atomic E-state index is 10.5. The number of aromatic nitrogens is 2. The molecule has 3 aromatic rings. The molecule has 0 unspecified atom stereocenters. The smallest absolute Gasteiger partial charge is 0.139 e. The quantitative estimate of drug-likeness (QED) is 0.749. The third-order valence-corrected chi connectivity index (χ3v) is 4.48. The van der Waals surface area contributed by atoms with Crippen molar-refractivity contribution in [3.05, 3.63) is 60.4 Å². The van der Waals surface area contributed by atoms with Crippen molar-refractivity contribution in [1.82, 2.24) is 9.55 Å². The van der Waals surface area contributed by atoms with Crippen molar-refractivity contribution in [1.29, 1.82) is 0 Å². The van der Waals surface area contributed by atoms with E-state index in [1.807, 2.05) is 54.6 Å². The standard InChI is InChI=1S/C20H22N2O3/c23-15(14-25-16-7-2-1-3-8-16)13-22-18-10-5-4-9-17(18)21-20(22)19-11-6-12-24-19/h1-5,7-10,15,19,23H,6,11-14H2/t15-,19-/m0/s1. The van der Waals surface area contributed by atoms with Gasteiger partial charge in [0.1, 0.15) is 30.4 Å². The van der Waals surface area contributed by atoms with Gasteiger partial charge in [-0.3, -0.25) is 0 Å². The Hall–Kier alpha value is -2.37. The van der Waals surface area contributed by atoms with Crippen molar-refractivity contribution in [3.63, 3.8) is 0 Å². The molecule has 1 N–H and O–H groups in total. The zero-order valence-corrected chi connectivity index (χ0v) is 14.0. The number of para-hydroxylation sites is 3. The van der Waals surface area contributed by atoms with Gasteiger partial charge in [0.15, 0.2) is 0 Å². The molecule has 1 aliphatic rings. The Morgan fingerprint density at radius 2 is 1.96 bits per heavy atom. The fourth-order valence-electron chi connectivity index (χ4n) is 3.29. The third kappa shape index (κ3) is 3.52. The molecule has 2 aromatic carbocycles. The Morgan fingerprint density at radius 1 is 1.16 bits per heavy atom. The summed E-state index contributed by atoms with van der Waals surface area (Å²) in [5.74, 6) is 1.66.